The smallest absolute Gasteiger partial charge is 0.375 e. The Morgan fingerprint density at radius 3 is 1.80 bits per heavy atom. The highest BCUT2D eigenvalue weighted by atomic mass is 28.4. The summed E-state index contributed by atoms with van der Waals surface area (Å²) in [6.45, 7) is 4.91. The molecular weight excluding hydrogens is 212 g/mol. The van der Waals surface area contributed by atoms with E-state index in [0.717, 1.165) is 25.9 Å². The number of hydrogen-bond donors (Lipinski definition) is 0. The van der Waals surface area contributed by atoms with Crippen molar-refractivity contribution in [2.45, 2.75) is 38.8 Å². The maximum absolute atomic E-state index is 5.76. The zero-order valence-corrected chi connectivity index (χ0v) is 11.5. The standard InChI is InChI=1S/C10H24O4Si/c1-6-8-10(14-9-7-2)15(11-3,12-4)13-5/h10H,6-9H2,1-5H3. The summed E-state index contributed by atoms with van der Waals surface area (Å²) >= 11 is 0. The van der Waals surface area contributed by atoms with E-state index in [9.17, 15) is 0 Å². The molecule has 0 amide bonds. The molecule has 0 N–H and O–H groups in total. The van der Waals surface area contributed by atoms with Crippen LogP contribution in [-0.2, 0) is 18.0 Å². The summed E-state index contributed by atoms with van der Waals surface area (Å²) in [6.07, 6.45) is 2.92. The van der Waals surface area contributed by atoms with E-state index in [4.69, 9.17) is 18.0 Å². The normalized spacial score (nSPS) is 14.2. The SMILES string of the molecule is CCCOC(CCC)[Si](OC)(OC)OC. The highest BCUT2D eigenvalue weighted by Crippen LogP contribution is 2.19. The first kappa shape index (κ1) is 15.1. The summed E-state index contributed by atoms with van der Waals surface area (Å²) in [4.78, 5) is 0. The van der Waals surface area contributed by atoms with E-state index in [1.54, 1.807) is 21.3 Å². The van der Waals surface area contributed by atoms with Crippen molar-refractivity contribution in [3.05, 3.63) is 0 Å². The molecule has 0 aliphatic carbocycles. The van der Waals surface area contributed by atoms with Crippen LogP contribution in [0.4, 0.5) is 0 Å². The van der Waals surface area contributed by atoms with Gasteiger partial charge in [-0.05, 0) is 12.8 Å². The second kappa shape index (κ2) is 8.24. The minimum Gasteiger partial charge on any atom is -0.375 e. The maximum atomic E-state index is 5.76. The molecule has 5 heteroatoms. The molecule has 0 aromatic carbocycles. The van der Waals surface area contributed by atoms with E-state index in [0.29, 0.717) is 0 Å². The molecule has 1 atom stereocenters. The van der Waals surface area contributed by atoms with Crippen molar-refractivity contribution < 1.29 is 18.0 Å². The summed E-state index contributed by atoms with van der Waals surface area (Å²) in [7, 11) is 2.24. The summed E-state index contributed by atoms with van der Waals surface area (Å²) in [5, 5.41) is 0. The molecule has 0 rings (SSSR count). The molecule has 0 fully saturated rings. The Morgan fingerprint density at radius 2 is 1.47 bits per heavy atom. The van der Waals surface area contributed by atoms with Gasteiger partial charge in [0.15, 0.2) is 0 Å². The largest absolute Gasteiger partial charge is 0.530 e. The van der Waals surface area contributed by atoms with Gasteiger partial charge in [0, 0.05) is 27.9 Å². The highest BCUT2D eigenvalue weighted by molar-refractivity contribution is 6.62. The first-order valence-corrected chi connectivity index (χ1v) is 7.27. The molecule has 0 aromatic rings. The fraction of sp³-hybridized carbons (Fsp3) is 1.00. The molecule has 4 nitrogen and oxygen atoms in total. The average Bonchev–Trinajstić information content (AvgIpc) is 2.28. The topological polar surface area (TPSA) is 36.9 Å². The third-order valence-corrected chi connectivity index (χ3v) is 5.27. The lowest BCUT2D eigenvalue weighted by atomic mass is 10.3. The van der Waals surface area contributed by atoms with Crippen LogP contribution in [0.5, 0.6) is 0 Å². The predicted octanol–water partition coefficient (Wildman–Crippen LogP) is 2.00. The van der Waals surface area contributed by atoms with Crippen molar-refractivity contribution in [2.75, 3.05) is 27.9 Å². The van der Waals surface area contributed by atoms with E-state index >= 15 is 0 Å². The third kappa shape index (κ3) is 4.20. The van der Waals surface area contributed by atoms with Gasteiger partial charge in [0.1, 0.15) is 5.73 Å². The summed E-state index contributed by atoms with van der Waals surface area (Å²) in [5.74, 6) is 0. The van der Waals surface area contributed by atoms with Crippen LogP contribution in [0, 0.1) is 0 Å². The minimum atomic E-state index is -2.63. The van der Waals surface area contributed by atoms with Crippen LogP contribution >= 0.6 is 0 Å². The van der Waals surface area contributed by atoms with Gasteiger partial charge in [-0.3, -0.25) is 0 Å². The van der Waals surface area contributed by atoms with Crippen molar-refractivity contribution in [1.29, 1.82) is 0 Å². The summed E-state index contributed by atoms with van der Waals surface area (Å²) in [6, 6.07) is 0. The summed E-state index contributed by atoms with van der Waals surface area (Å²) in [5.41, 5.74) is -0.0533. The van der Waals surface area contributed by atoms with Gasteiger partial charge in [0.2, 0.25) is 0 Å². The molecular formula is C10H24O4Si. The van der Waals surface area contributed by atoms with E-state index in [1.165, 1.54) is 0 Å². The van der Waals surface area contributed by atoms with Crippen LogP contribution in [0.3, 0.4) is 0 Å². The molecule has 0 aliphatic rings. The Kier molecular flexibility index (Phi) is 8.27. The van der Waals surface area contributed by atoms with Crippen LogP contribution in [0.1, 0.15) is 33.1 Å². The van der Waals surface area contributed by atoms with Crippen LogP contribution in [0.15, 0.2) is 0 Å². The first-order valence-electron chi connectivity index (χ1n) is 5.47. The molecule has 92 valence electrons. The monoisotopic (exact) mass is 236 g/mol. The molecule has 0 aromatic heterocycles. The van der Waals surface area contributed by atoms with Gasteiger partial charge in [0.25, 0.3) is 0 Å². The third-order valence-electron chi connectivity index (χ3n) is 2.32. The van der Waals surface area contributed by atoms with Gasteiger partial charge in [-0.2, -0.15) is 0 Å². The van der Waals surface area contributed by atoms with Crippen molar-refractivity contribution in [2.24, 2.45) is 0 Å². The van der Waals surface area contributed by atoms with E-state index in [-0.39, 0.29) is 5.73 Å². The number of ether oxygens (including phenoxy) is 1. The Hall–Kier alpha value is 0.0569. The van der Waals surface area contributed by atoms with E-state index in [2.05, 4.69) is 13.8 Å². The Bertz CT molecular complexity index is 142. The van der Waals surface area contributed by atoms with Crippen molar-refractivity contribution in [3.8, 4) is 0 Å². The Balaban J connectivity index is 4.50. The minimum absolute atomic E-state index is 0.0533. The number of hydrogen-bond acceptors (Lipinski definition) is 4. The molecule has 0 spiro atoms. The molecule has 0 radical (unpaired) electrons. The molecule has 0 aliphatic heterocycles. The molecule has 0 bridgehead atoms. The van der Waals surface area contributed by atoms with Crippen molar-refractivity contribution >= 4 is 8.80 Å². The molecule has 0 saturated carbocycles. The van der Waals surface area contributed by atoms with Gasteiger partial charge in [-0.15, -0.1) is 0 Å². The first-order chi connectivity index (χ1) is 7.20. The second-order valence-corrected chi connectivity index (χ2v) is 6.44. The van der Waals surface area contributed by atoms with Crippen LogP contribution in [-0.4, -0.2) is 42.5 Å². The van der Waals surface area contributed by atoms with Crippen molar-refractivity contribution in [3.63, 3.8) is 0 Å². The lowest BCUT2D eigenvalue weighted by Crippen LogP contribution is -2.55. The Morgan fingerprint density at radius 1 is 0.933 bits per heavy atom. The van der Waals surface area contributed by atoms with Crippen LogP contribution in [0.2, 0.25) is 0 Å². The van der Waals surface area contributed by atoms with Crippen molar-refractivity contribution in [1.82, 2.24) is 0 Å². The highest BCUT2D eigenvalue weighted by Gasteiger charge is 2.47. The van der Waals surface area contributed by atoms with Crippen LogP contribution < -0.4 is 0 Å². The van der Waals surface area contributed by atoms with Crippen LogP contribution in [0.25, 0.3) is 0 Å². The summed E-state index contributed by atoms with van der Waals surface area (Å²) < 4.78 is 22.0. The average molecular weight is 236 g/mol. The lowest BCUT2D eigenvalue weighted by molar-refractivity contribution is 0.00941. The molecule has 1 unspecified atom stereocenters. The maximum Gasteiger partial charge on any atom is 0.530 e. The van der Waals surface area contributed by atoms with Gasteiger partial charge < -0.3 is 18.0 Å². The predicted molar refractivity (Wildman–Crippen MR) is 61.7 cm³/mol. The van der Waals surface area contributed by atoms with Gasteiger partial charge in [0.05, 0.1) is 0 Å². The second-order valence-electron chi connectivity index (χ2n) is 3.36. The van der Waals surface area contributed by atoms with E-state index in [1.807, 2.05) is 0 Å². The fourth-order valence-corrected chi connectivity index (χ4v) is 3.78. The fourth-order valence-electron chi connectivity index (χ4n) is 1.53. The van der Waals surface area contributed by atoms with Gasteiger partial charge in [-0.25, -0.2) is 0 Å². The van der Waals surface area contributed by atoms with E-state index < -0.39 is 8.80 Å². The quantitative estimate of drug-likeness (QED) is 0.574. The van der Waals surface area contributed by atoms with Gasteiger partial charge >= 0.3 is 8.80 Å². The lowest BCUT2D eigenvalue weighted by Gasteiger charge is -2.32. The zero-order chi connectivity index (χ0) is 11.7. The molecule has 15 heavy (non-hydrogen) atoms. The molecule has 0 saturated heterocycles. The molecule has 0 heterocycles. The Labute approximate surface area is 94.2 Å². The number of rotatable bonds is 9. The van der Waals surface area contributed by atoms with Gasteiger partial charge in [-0.1, -0.05) is 20.3 Å². The zero-order valence-electron chi connectivity index (χ0n) is 10.5.